The van der Waals surface area contributed by atoms with E-state index >= 15 is 0 Å². The van der Waals surface area contributed by atoms with Crippen molar-refractivity contribution in [1.29, 1.82) is 0 Å². The lowest BCUT2D eigenvalue weighted by atomic mass is 9.94. The Labute approximate surface area is 191 Å². The molecule has 2 aromatic rings. The summed E-state index contributed by atoms with van der Waals surface area (Å²) in [6.07, 6.45) is 1.48. The van der Waals surface area contributed by atoms with E-state index in [1.54, 1.807) is 30.5 Å². The summed E-state index contributed by atoms with van der Waals surface area (Å²) in [5, 5.41) is 61.6. The molecule has 0 unspecified atom stereocenters. The van der Waals surface area contributed by atoms with Crippen LogP contribution in [0.2, 0.25) is 0 Å². The number of aliphatic hydroxyl groups excluding tert-OH is 4. The molecule has 3 rings (SSSR count). The van der Waals surface area contributed by atoms with Crippen LogP contribution in [0.1, 0.15) is 25.7 Å². The van der Waals surface area contributed by atoms with Gasteiger partial charge in [0.25, 0.3) is 5.69 Å². The van der Waals surface area contributed by atoms with Crippen LogP contribution in [0.3, 0.4) is 0 Å². The SMILES string of the molecule is O=[N+]([O-])c1cc(-c2cccnn2)ccc1NCCCCCCN1C[C@H](O)[C@@H](O)[C@H](O)[C@H]1CO. The van der Waals surface area contributed by atoms with Gasteiger partial charge in [-0.15, -0.1) is 0 Å². The molecular formula is C22H31N5O6. The van der Waals surface area contributed by atoms with E-state index in [1.807, 2.05) is 4.90 Å². The van der Waals surface area contributed by atoms with Crippen molar-refractivity contribution in [3.8, 4) is 11.3 Å². The van der Waals surface area contributed by atoms with Gasteiger partial charge in [0.05, 0.1) is 29.4 Å². The van der Waals surface area contributed by atoms with E-state index in [2.05, 4.69) is 15.5 Å². The summed E-state index contributed by atoms with van der Waals surface area (Å²) < 4.78 is 0. The molecule has 1 aliphatic rings. The maximum Gasteiger partial charge on any atom is 0.292 e. The largest absolute Gasteiger partial charge is 0.395 e. The van der Waals surface area contributed by atoms with Crippen LogP contribution in [0, 0.1) is 10.1 Å². The Hall–Kier alpha value is -2.70. The van der Waals surface area contributed by atoms with Crippen LogP contribution in [0.25, 0.3) is 11.3 Å². The zero-order valence-electron chi connectivity index (χ0n) is 18.3. The molecule has 1 fully saturated rings. The minimum absolute atomic E-state index is 0.0161. The number of piperidine rings is 1. The van der Waals surface area contributed by atoms with Crippen LogP contribution in [0.4, 0.5) is 11.4 Å². The highest BCUT2D eigenvalue weighted by Gasteiger charge is 2.40. The zero-order valence-corrected chi connectivity index (χ0v) is 18.3. The second-order valence-electron chi connectivity index (χ2n) is 8.23. The second kappa shape index (κ2) is 12.0. The van der Waals surface area contributed by atoms with Crippen molar-refractivity contribution in [2.24, 2.45) is 0 Å². The minimum atomic E-state index is -1.25. The van der Waals surface area contributed by atoms with Gasteiger partial charge in [-0.2, -0.15) is 10.2 Å². The third-order valence-electron chi connectivity index (χ3n) is 5.97. The van der Waals surface area contributed by atoms with E-state index in [4.69, 9.17) is 0 Å². The Morgan fingerprint density at radius 2 is 1.91 bits per heavy atom. The highest BCUT2D eigenvalue weighted by atomic mass is 16.6. The van der Waals surface area contributed by atoms with Crippen LogP contribution in [0.15, 0.2) is 36.5 Å². The van der Waals surface area contributed by atoms with Crippen molar-refractivity contribution in [3.63, 3.8) is 0 Å². The molecule has 5 N–H and O–H groups in total. The van der Waals surface area contributed by atoms with Crippen LogP contribution in [-0.2, 0) is 0 Å². The number of β-amino-alcohol motifs (C(OH)–C–C–N with tert-alkyl or cyclic N) is 1. The van der Waals surface area contributed by atoms with E-state index in [1.165, 1.54) is 6.07 Å². The van der Waals surface area contributed by atoms with Crippen molar-refractivity contribution >= 4 is 11.4 Å². The van der Waals surface area contributed by atoms with E-state index < -0.39 is 29.3 Å². The minimum Gasteiger partial charge on any atom is -0.395 e. The Bertz CT molecular complexity index is 902. The number of anilines is 1. The Kier molecular flexibility index (Phi) is 9.03. The number of aliphatic hydroxyl groups is 4. The normalized spacial score (nSPS) is 23.4. The number of nitro benzene ring substituents is 1. The predicted molar refractivity (Wildman–Crippen MR) is 122 cm³/mol. The molecule has 2 heterocycles. The highest BCUT2D eigenvalue weighted by Crippen LogP contribution is 2.29. The lowest BCUT2D eigenvalue weighted by molar-refractivity contribution is -0.383. The molecule has 0 saturated carbocycles. The number of aromatic nitrogens is 2. The quantitative estimate of drug-likeness (QED) is 0.183. The third-order valence-corrected chi connectivity index (χ3v) is 5.97. The Morgan fingerprint density at radius 3 is 2.61 bits per heavy atom. The van der Waals surface area contributed by atoms with Crippen molar-refractivity contribution in [1.82, 2.24) is 15.1 Å². The number of hydrogen-bond acceptors (Lipinski definition) is 10. The molecule has 11 heteroatoms. The fourth-order valence-electron chi connectivity index (χ4n) is 4.10. The van der Waals surface area contributed by atoms with E-state index in [0.29, 0.717) is 30.0 Å². The third kappa shape index (κ3) is 6.42. The molecule has 180 valence electrons. The fraction of sp³-hybridized carbons (Fsp3) is 0.545. The Balaban J connectivity index is 1.42. The molecule has 0 aliphatic carbocycles. The van der Waals surface area contributed by atoms with Gasteiger partial charge in [-0.25, -0.2) is 0 Å². The highest BCUT2D eigenvalue weighted by molar-refractivity contribution is 5.71. The van der Waals surface area contributed by atoms with Crippen LogP contribution in [-0.4, -0.2) is 91.0 Å². The van der Waals surface area contributed by atoms with Crippen LogP contribution < -0.4 is 5.32 Å². The number of likely N-dealkylation sites (tertiary alicyclic amines) is 1. The molecule has 0 amide bonds. The van der Waals surface area contributed by atoms with E-state index in [0.717, 1.165) is 25.7 Å². The second-order valence-corrected chi connectivity index (χ2v) is 8.23. The molecule has 4 atom stereocenters. The van der Waals surface area contributed by atoms with Crippen molar-refractivity contribution < 1.29 is 25.3 Å². The molecule has 0 radical (unpaired) electrons. The van der Waals surface area contributed by atoms with Crippen LogP contribution in [0.5, 0.6) is 0 Å². The number of unbranched alkanes of at least 4 members (excludes halogenated alkanes) is 3. The molecule has 0 bridgehead atoms. The van der Waals surface area contributed by atoms with Crippen molar-refractivity contribution in [2.45, 2.75) is 50.0 Å². The molecule has 11 nitrogen and oxygen atoms in total. The summed E-state index contributed by atoms with van der Waals surface area (Å²) in [6.45, 7) is 1.09. The van der Waals surface area contributed by atoms with Crippen molar-refractivity contribution in [3.05, 3.63) is 46.6 Å². The van der Waals surface area contributed by atoms with Crippen LogP contribution >= 0.6 is 0 Å². The number of benzene rings is 1. The molecule has 33 heavy (non-hydrogen) atoms. The number of nitrogens with one attached hydrogen (secondary N) is 1. The molecule has 1 aliphatic heterocycles. The van der Waals surface area contributed by atoms with Gasteiger partial charge in [0.1, 0.15) is 17.9 Å². The summed E-state index contributed by atoms with van der Waals surface area (Å²) in [7, 11) is 0. The van der Waals surface area contributed by atoms with Gasteiger partial charge in [-0.05, 0) is 37.6 Å². The summed E-state index contributed by atoms with van der Waals surface area (Å²) in [4.78, 5) is 12.9. The molecular weight excluding hydrogens is 430 g/mol. The number of rotatable bonds is 11. The van der Waals surface area contributed by atoms with E-state index in [9.17, 15) is 30.5 Å². The lowest BCUT2D eigenvalue weighted by Gasteiger charge is -2.43. The topological polar surface area (TPSA) is 165 Å². The summed E-state index contributed by atoms with van der Waals surface area (Å²) in [5.41, 5.74) is 1.63. The lowest BCUT2D eigenvalue weighted by Crippen LogP contribution is -2.62. The average molecular weight is 462 g/mol. The fourth-order valence-corrected chi connectivity index (χ4v) is 4.10. The zero-order chi connectivity index (χ0) is 23.8. The average Bonchev–Trinajstić information content (AvgIpc) is 2.82. The molecule has 0 spiro atoms. The van der Waals surface area contributed by atoms with Gasteiger partial charge in [-0.3, -0.25) is 15.0 Å². The van der Waals surface area contributed by atoms with Gasteiger partial charge in [0.15, 0.2) is 0 Å². The first-order valence-corrected chi connectivity index (χ1v) is 11.1. The first-order chi connectivity index (χ1) is 15.9. The van der Waals surface area contributed by atoms with Gasteiger partial charge in [-0.1, -0.05) is 18.9 Å². The Morgan fingerprint density at radius 1 is 1.12 bits per heavy atom. The van der Waals surface area contributed by atoms with Crippen molar-refractivity contribution in [2.75, 3.05) is 31.6 Å². The summed E-state index contributed by atoms with van der Waals surface area (Å²) in [5.74, 6) is 0. The molecule has 1 aromatic carbocycles. The molecule has 1 aromatic heterocycles. The number of hydrogen-bond donors (Lipinski definition) is 5. The number of nitrogens with zero attached hydrogens (tertiary/aromatic N) is 4. The number of nitro groups is 1. The van der Waals surface area contributed by atoms with Gasteiger partial charge >= 0.3 is 0 Å². The summed E-state index contributed by atoms with van der Waals surface area (Å²) in [6, 6.07) is 7.82. The maximum absolute atomic E-state index is 11.5. The first-order valence-electron chi connectivity index (χ1n) is 11.1. The maximum atomic E-state index is 11.5. The first kappa shape index (κ1) is 24.9. The summed E-state index contributed by atoms with van der Waals surface area (Å²) >= 11 is 0. The van der Waals surface area contributed by atoms with Gasteiger partial charge in [0, 0.05) is 30.9 Å². The van der Waals surface area contributed by atoms with Gasteiger partial charge < -0.3 is 25.7 Å². The predicted octanol–water partition coefficient (Wildman–Crippen LogP) is 0.783. The standard InChI is InChI=1S/C22H31N5O6/c28-14-19-21(30)22(31)20(29)13-26(19)11-4-2-1-3-9-23-17-8-7-15(12-18(17)27(32)33)16-6-5-10-24-25-16/h5-8,10,12,19-23,28-31H,1-4,9,11,13-14H2/t19-,20+,21-,22-/m1/s1. The smallest absolute Gasteiger partial charge is 0.292 e. The monoisotopic (exact) mass is 461 g/mol. The van der Waals surface area contributed by atoms with E-state index in [-0.39, 0.29) is 18.8 Å². The molecule has 1 saturated heterocycles. The van der Waals surface area contributed by atoms with Gasteiger partial charge in [0.2, 0.25) is 0 Å².